The fourth-order valence-electron chi connectivity index (χ4n) is 3.08. The molecule has 3 rings (SSSR count). The lowest BCUT2D eigenvalue weighted by Crippen LogP contribution is -2.74. The van der Waals surface area contributed by atoms with Crippen LogP contribution in [0.15, 0.2) is 35.5 Å². The molecule has 2 aliphatic rings. The molecule has 0 radical (unpaired) electrons. The van der Waals surface area contributed by atoms with E-state index in [-0.39, 0.29) is 16.8 Å². The Balaban J connectivity index is 1.89. The highest BCUT2D eigenvalue weighted by atomic mass is 32.2. The molecule has 8 nitrogen and oxygen atoms in total. The summed E-state index contributed by atoms with van der Waals surface area (Å²) in [5.74, 6) is -3.16. The Morgan fingerprint density at radius 3 is 2.36 bits per heavy atom. The van der Waals surface area contributed by atoms with Crippen molar-refractivity contribution in [2.45, 2.75) is 25.3 Å². The van der Waals surface area contributed by atoms with Gasteiger partial charge in [0.05, 0.1) is 5.75 Å². The van der Waals surface area contributed by atoms with Crippen molar-refractivity contribution in [2.75, 3.05) is 5.75 Å². The minimum Gasteiger partial charge on any atom is -0.477 e. The fourth-order valence-corrected chi connectivity index (χ4v) is 5.12. The van der Waals surface area contributed by atoms with Crippen LogP contribution in [0.1, 0.15) is 22.8 Å². The van der Waals surface area contributed by atoms with Crippen LogP contribution in [-0.4, -0.2) is 53.4 Å². The minimum atomic E-state index is -3.79. The average molecular weight is 364 g/mol. The number of nitrogens with zero attached hydrogens (tertiary/aromatic N) is 1. The number of rotatable bonds is 3. The van der Waals surface area contributed by atoms with E-state index in [0.717, 1.165) is 10.5 Å². The third-order valence-corrected chi connectivity index (χ3v) is 6.33. The van der Waals surface area contributed by atoms with E-state index in [4.69, 9.17) is 0 Å². The third-order valence-electron chi connectivity index (χ3n) is 4.28. The standard InChI is InChI=1S/C16H16N2O6S/c1-8-3-5-10(6-4-8)13(19)17-11-14(20)18-12(16(21)22)9(2)7-25(23,24)15(11)18/h3-6,11,15H,7H2,1-2H3,(H,17,19)(H,21,22)/t11?,15-/m0/s1. The van der Waals surface area contributed by atoms with Gasteiger partial charge in [-0.1, -0.05) is 17.7 Å². The zero-order valence-corrected chi connectivity index (χ0v) is 14.3. The lowest BCUT2D eigenvalue weighted by atomic mass is 10.0. The summed E-state index contributed by atoms with van der Waals surface area (Å²) in [4.78, 5) is 36.7. The van der Waals surface area contributed by atoms with E-state index in [0.29, 0.717) is 0 Å². The van der Waals surface area contributed by atoms with Crippen LogP contribution < -0.4 is 5.32 Å². The van der Waals surface area contributed by atoms with Crippen LogP contribution in [0.25, 0.3) is 0 Å². The van der Waals surface area contributed by atoms with E-state index >= 15 is 0 Å². The second kappa shape index (κ2) is 5.69. The molecular formula is C16H16N2O6S. The van der Waals surface area contributed by atoms with Gasteiger partial charge in [0, 0.05) is 5.56 Å². The van der Waals surface area contributed by atoms with Crippen molar-refractivity contribution in [1.82, 2.24) is 10.2 Å². The number of amides is 2. The predicted molar refractivity (Wildman–Crippen MR) is 87.2 cm³/mol. The lowest BCUT2D eigenvalue weighted by molar-refractivity contribution is -0.149. The van der Waals surface area contributed by atoms with Gasteiger partial charge in [0.15, 0.2) is 15.2 Å². The Labute approximate surface area is 144 Å². The first-order valence-electron chi connectivity index (χ1n) is 7.48. The van der Waals surface area contributed by atoms with Crippen molar-refractivity contribution in [2.24, 2.45) is 0 Å². The molecule has 1 aromatic carbocycles. The van der Waals surface area contributed by atoms with Crippen molar-refractivity contribution in [3.8, 4) is 0 Å². The minimum absolute atomic E-state index is 0.0976. The number of carboxylic acid groups (broad SMARTS) is 1. The van der Waals surface area contributed by atoms with E-state index in [9.17, 15) is 27.9 Å². The van der Waals surface area contributed by atoms with Crippen molar-refractivity contribution < 1.29 is 27.9 Å². The maximum Gasteiger partial charge on any atom is 0.352 e. The summed E-state index contributed by atoms with van der Waals surface area (Å²) >= 11 is 0. The van der Waals surface area contributed by atoms with Crippen LogP contribution in [0.3, 0.4) is 0 Å². The number of β-lactam (4-membered cyclic amide) rings is 1. The summed E-state index contributed by atoms with van der Waals surface area (Å²) in [6, 6.07) is 5.27. The monoisotopic (exact) mass is 364 g/mol. The second-order valence-electron chi connectivity index (χ2n) is 6.16. The first-order valence-corrected chi connectivity index (χ1v) is 9.20. The number of carboxylic acids is 1. The van der Waals surface area contributed by atoms with E-state index in [1.807, 2.05) is 6.92 Å². The van der Waals surface area contributed by atoms with Gasteiger partial charge >= 0.3 is 5.97 Å². The highest BCUT2D eigenvalue weighted by Crippen LogP contribution is 2.36. The molecule has 1 unspecified atom stereocenters. The number of carbonyl (C=O) groups excluding carboxylic acids is 2. The molecule has 0 bridgehead atoms. The first kappa shape index (κ1) is 17.2. The molecule has 0 spiro atoms. The number of carbonyl (C=O) groups is 3. The van der Waals surface area contributed by atoms with Crippen LogP contribution in [0.2, 0.25) is 0 Å². The van der Waals surface area contributed by atoms with E-state index in [2.05, 4.69) is 5.32 Å². The van der Waals surface area contributed by atoms with Crippen LogP contribution in [0.4, 0.5) is 0 Å². The number of sulfone groups is 1. The van der Waals surface area contributed by atoms with Gasteiger partial charge in [0.1, 0.15) is 11.7 Å². The highest BCUT2D eigenvalue weighted by Gasteiger charge is 2.60. The van der Waals surface area contributed by atoms with Crippen molar-refractivity contribution in [1.29, 1.82) is 0 Å². The van der Waals surface area contributed by atoms with Gasteiger partial charge in [-0.3, -0.25) is 14.5 Å². The van der Waals surface area contributed by atoms with E-state index in [1.165, 1.54) is 6.92 Å². The highest BCUT2D eigenvalue weighted by molar-refractivity contribution is 7.92. The molecule has 1 fully saturated rings. The van der Waals surface area contributed by atoms with Crippen LogP contribution in [0, 0.1) is 6.92 Å². The number of aryl methyl sites for hydroxylation is 1. The molecule has 2 aliphatic heterocycles. The van der Waals surface area contributed by atoms with Gasteiger partial charge in [0.2, 0.25) is 0 Å². The Hall–Kier alpha value is -2.68. The summed E-state index contributed by atoms with van der Waals surface area (Å²) in [5.41, 5.74) is 1.00. The number of nitrogens with one attached hydrogen (secondary N) is 1. The molecule has 2 N–H and O–H groups in total. The Morgan fingerprint density at radius 1 is 1.20 bits per heavy atom. The zero-order chi connectivity index (χ0) is 18.5. The molecule has 1 saturated heterocycles. The van der Waals surface area contributed by atoms with Gasteiger partial charge in [-0.25, -0.2) is 13.2 Å². The van der Waals surface area contributed by atoms with Gasteiger partial charge in [0.25, 0.3) is 11.8 Å². The maximum absolute atomic E-state index is 12.4. The van der Waals surface area contributed by atoms with Gasteiger partial charge in [-0.05, 0) is 31.6 Å². The molecule has 0 aliphatic carbocycles. The number of aliphatic carboxylic acids is 1. The SMILES string of the molecule is CC1=C(C(=O)O)N2C(=O)C(NC(=O)c3ccc(C)cc3)[C@@H]2S(=O)(=O)C1. The van der Waals surface area contributed by atoms with Crippen molar-refractivity contribution in [3.05, 3.63) is 46.7 Å². The third kappa shape index (κ3) is 2.70. The molecule has 0 aromatic heterocycles. The average Bonchev–Trinajstić information content (AvgIpc) is 2.51. The summed E-state index contributed by atoms with van der Waals surface area (Å²) in [7, 11) is -3.79. The fraction of sp³-hybridized carbons (Fsp3) is 0.312. The summed E-state index contributed by atoms with van der Waals surface area (Å²) < 4.78 is 24.7. The Kier molecular flexibility index (Phi) is 3.91. The van der Waals surface area contributed by atoms with Gasteiger partial charge in [-0.2, -0.15) is 0 Å². The quantitative estimate of drug-likeness (QED) is 0.731. The smallest absolute Gasteiger partial charge is 0.352 e. The summed E-state index contributed by atoms with van der Waals surface area (Å²) in [6.07, 6.45) is 0. The van der Waals surface area contributed by atoms with Crippen molar-refractivity contribution >= 4 is 27.6 Å². The molecule has 2 heterocycles. The summed E-state index contributed by atoms with van der Waals surface area (Å²) in [5, 5.41) is 10.3. The molecular weight excluding hydrogens is 348 g/mol. The molecule has 2 atom stereocenters. The molecule has 25 heavy (non-hydrogen) atoms. The molecule has 132 valence electrons. The normalized spacial score (nSPS) is 24.4. The zero-order valence-electron chi connectivity index (χ0n) is 13.5. The summed E-state index contributed by atoms with van der Waals surface area (Å²) in [6.45, 7) is 3.22. The molecule has 2 amide bonds. The van der Waals surface area contributed by atoms with Crippen molar-refractivity contribution in [3.63, 3.8) is 0 Å². The number of benzene rings is 1. The largest absolute Gasteiger partial charge is 0.477 e. The van der Waals surface area contributed by atoms with E-state index in [1.54, 1.807) is 24.3 Å². The number of fused-ring (bicyclic) bond motifs is 1. The number of hydrogen-bond acceptors (Lipinski definition) is 5. The Morgan fingerprint density at radius 2 is 1.80 bits per heavy atom. The molecule has 9 heteroatoms. The van der Waals surface area contributed by atoms with Crippen LogP contribution in [-0.2, 0) is 19.4 Å². The Bertz CT molecular complexity index is 916. The van der Waals surface area contributed by atoms with Gasteiger partial charge < -0.3 is 10.4 Å². The van der Waals surface area contributed by atoms with Crippen LogP contribution >= 0.6 is 0 Å². The second-order valence-corrected chi connectivity index (χ2v) is 8.25. The van der Waals surface area contributed by atoms with Gasteiger partial charge in [-0.15, -0.1) is 0 Å². The first-order chi connectivity index (χ1) is 11.6. The topological polar surface area (TPSA) is 121 Å². The molecule has 1 aromatic rings. The molecule has 0 saturated carbocycles. The van der Waals surface area contributed by atoms with E-state index < -0.39 is 44.8 Å². The maximum atomic E-state index is 12.4. The number of hydrogen-bond donors (Lipinski definition) is 2. The van der Waals surface area contributed by atoms with Crippen LogP contribution in [0.5, 0.6) is 0 Å². The predicted octanol–water partition coefficient (Wildman–Crippen LogP) is 0.0487. The lowest BCUT2D eigenvalue weighted by Gasteiger charge is -2.48.